The second-order valence-electron chi connectivity index (χ2n) is 5.67. The number of hydrogen-bond donors (Lipinski definition) is 2. The first kappa shape index (κ1) is 18.6. The number of benzene rings is 1. The molecule has 10 heteroatoms. The van der Waals surface area contributed by atoms with E-state index in [0.29, 0.717) is 18.8 Å². The summed E-state index contributed by atoms with van der Waals surface area (Å²) in [5.74, 6) is 0. The van der Waals surface area contributed by atoms with Gasteiger partial charge in [-0.25, -0.2) is 4.72 Å². The van der Waals surface area contributed by atoms with E-state index >= 15 is 0 Å². The number of nitro groups is 1. The number of hydrogen-bond acceptors (Lipinski definition) is 6. The Labute approximate surface area is 141 Å². The van der Waals surface area contributed by atoms with Crippen LogP contribution in [0.15, 0.2) is 24.3 Å². The lowest BCUT2D eigenvalue weighted by Gasteiger charge is -2.34. The van der Waals surface area contributed by atoms with Gasteiger partial charge in [0.15, 0.2) is 0 Å². The average molecular weight is 358 g/mol. The van der Waals surface area contributed by atoms with Gasteiger partial charge in [0.2, 0.25) is 0 Å². The zero-order chi connectivity index (χ0) is 17.7. The normalized spacial score (nSPS) is 22.2. The molecule has 0 saturated carbocycles. The van der Waals surface area contributed by atoms with Gasteiger partial charge in [0.25, 0.3) is 15.9 Å². The summed E-state index contributed by atoms with van der Waals surface area (Å²) in [5.41, 5.74) is 0.312. The highest BCUT2D eigenvalue weighted by Crippen LogP contribution is 2.22. The quantitative estimate of drug-likeness (QED) is 0.426. The predicted molar refractivity (Wildman–Crippen MR) is 90.1 cm³/mol. The van der Waals surface area contributed by atoms with Gasteiger partial charge in [-0.1, -0.05) is 12.1 Å². The van der Waals surface area contributed by atoms with E-state index in [1.54, 1.807) is 18.2 Å². The van der Waals surface area contributed by atoms with Crippen molar-refractivity contribution in [2.75, 3.05) is 31.5 Å². The molecule has 1 aromatic rings. The van der Waals surface area contributed by atoms with Crippen LogP contribution in [-0.2, 0) is 14.9 Å². The summed E-state index contributed by atoms with van der Waals surface area (Å²) in [7, 11) is -3.60. The monoisotopic (exact) mass is 358 g/mol. The first-order valence-electron chi connectivity index (χ1n) is 7.67. The lowest BCUT2D eigenvalue weighted by Crippen LogP contribution is -2.52. The average Bonchev–Trinajstić information content (AvgIpc) is 2.51. The van der Waals surface area contributed by atoms with E-state index in [1.165, 1.54) is 10.4 Å². The molecule has 0 radical (unpaired) electrons. The Morgan fingerprint density at radius 1 is 1.25 bits per heavy atom. The predicted octanol–water partition coefficient (Wildman–Crippen LogP) is 0.950. The summed E-state index contributed by atoms with van der Waals surface area (Å²) in [6.45, 7) is 4.62. The summed E-state index contributed by atoms with van der Waals surface area (Å²) in [6, 6.07) is 6.23. The van der Waals surface area contributed by atoms with Gasteiger partial charge in [-0.05, 0) is 19.9 Å². The summed E-state index contributed by atoms with van der Waals surface area (Å²) >= 11 is 0. The molecule has 0 aromatic heterocycles. The van der Waals surface area contributed by atoms with E-state index in [2.05, 4.69) is 10.0 Å². The minimum absolute atomic E-state index is 0.0452. The zero-order valence-corrected chi connectivity index (χ0v) is 14.5. The first-order chi connectivity index (χ1) is 11.3. The van der Waals surface area contributed by atoms with E-state index in [1.807, 2.05) is 13.8 Å². The van der Waals surface area contributed by atoms with Crippen LogP contribution in [0.1, 0.15) is 13.8 Å². The molecule has 134 valence electrons. The Morgan fingerprint density at radius 2 is 1.88 bits per heavy atom. The molecule has 1 aliphatic heterocycles. The van der Waals surface area contributed by atoms with Crippen LogP contribution in [0.2, 0.25) is 0 Å². The van der Waals surface area contributed by atoms with E-state index < -0.39 is 15.1 Å². The maximum absolute atomic E-state index is 12.3. The van der Waals surface area contributed by atoms with Crippen molar-refractivity contribution in [2.24, 2.45) is 0 Å². The molecule has 2 unspecified atom stereocenters. The van der Waals surface area contributed by atoms with Crippen LogP contribution in [0.4, 0.5) is 11.4 Å². The summed E-state index contributed by atoms with van der Waals surface area (Å²) in [4.78, 5) is 10.4. The Bertz CT molecular complexity index is 671. The third-order valence-electron chi connectivity index (χ3n) is 3.55. The van der Waals surface area contributed by atoms with Crippen LogP contribution in [0.5, 0.6) is 0 Å². The fourth-order valence-corrected chi connectivity index (χ4v) is 3.93. The maximum Gasteiger partial charge on any atom is 0.292 e. The third kappa shape index (κ3) is 4.87. The van der Waals surface area contributed by atoms with Crippen molar-refractivity contribution in [3.05, 3.63) is 34.4 Å². The fraction of sp³-hybridized carbons (Fsp3) is 0.571. The van der Waals surface area contributed by atoms with Crippen molar-refractivity contribution in [2.45, 2.75) is 26.1 Å². The van der Waals surface area contributed by atoms with E-state index in [4.69, 9.17) is 4.74 Å². The van der Waals surface area contributed by atoms with Crippen molar-refractivity contribution in [1.29, 1.82) is 0 Å². The number of nitrogens with one attached hydrogen (secondary N) is 2. The van der Waals surface area contributed by atoms with Crippen molar-refractivity contribution in [3.8, 4) is 0 Å². The van der Waals surface area contributed by atoms with Gasteiger partial charge in [-0.15, -0.1) is 0 Å². The number of rotatable bonds is 7. The Kier molecular flexibility index (Phi) is 6.10. The molecule has 1 heterocycles. The van der Waals surface area contributed by atoms with E-state index in [9.17, 15) is 18.5 Å². The molecule has 0 bridgehead atoms. The number of morpholine rings is 1. The van der Waals surface area contributed by atoms with Crippen LogP contribution >= 0.6 is 0 Å². The minimum atomic E-state index is -3.60. The van der Waals surface area contributed by atoms with Crippen LogP contribution in [-0.4, -0.2) is 56.0 Å². The Hall–Kier alpha value is -1.75. The minimum Gasteiger partial charge on any atom is -0.378 e. The second kappa shape index (κ2) is 7.88. The van der Waals surface area contributed by atoms with Gasteiger partial charge in [0.05, 0.1) is 17.1 Å². The standard InChI is InChI=1S/C14H22N4O5S/c1-11-9-17(10-12(2)23-11)24(21,22)16-8-7-15-13-5-3-4-6-14(13)18(19)20/h3-6,11-12,15-16H,7-10H2,1-2H3. The molecule has 1 aromatic carbocycles. The molecule has 2 rings (SSSR count). The van der Waals surface area contributed by atoms with Crippen LogP contribution in [0, 0.1) is 10.1 Å². The lowest BCUT2D eigenvalue weighted by molar-refractivity contribution is -0.384. The SMILES string of the molecule is CC1CN(S(=O)(=O)NCCNc2ccccc2[N+](=O)[O-])CC(C)O1. The van der Waals surface area contributed by atoms with E-state index in [-0.39, 0.29) is 31.0 Å². The molecule has 2 N–H and O–H groups in total. The summed E-state index contributed by atoms with van der Waals surface area (Å²) < 4.78 is 34.0. The number of para-hydroxylation sites is 2. The molecule has 1 aliphatic rings. The zero-order valence-electron chi connectivity index (χ0n) is 13.6. The molecule has 1 saturated heterocycles. The third-order valence-corrected chi connectivity index (χ3v) is 5.10. The van der Waals surface area contributed by atoms with Gasteiger partial charge in [0.1, 0.15) is 5.69 Å². The summed E-state index contributed by atoms with van der Waals surface area (Å²) in [6.07, 6.45) is -0.314. The van der Waals surface area contributed by atoms with Crippen molar-refractivity contribution < 1.29 is 18.1 Å². The van der Waals surface area contributed by atoms with E-state index in [0.717, 1.165) is 0 Å². The van der Waals surface area contributed by atoms with Gasteiger partial charge < -0.3 is 10.1 Å². The van der Waals surface area contributed by atoms with Crippen molar-refractivity contribution >= 4 is 21.6 Å². The van der Waals surface area contributed by atoms with Crippen molar-refractivity contribution in [1.82, 2.24) is 9.03 Å². The first-order valence-corrected chi connectivity index (χ1v) is 9.11. The molecular formula is C14H22N4O5S. The lowest BCUT2D eigenvalue weighted by atomic mass is 10.2. The molecule has 1 fully saturated rings. The van der Waals surface area contributed by atoms with Crippen molar-refractivity contribution in [3.63, 3.8) is 0 Å². The van der Waals surface area contributed by atoms with Crippen LogP contribution in [0.3, 0.4) is 0 Å². The molecule has 0 spiro atoms. The van der Waals surface area contributed by atoms with Gasteiger partial charge in [-0.2, -0.15) is 12.7 Å². The Morgan fingerprint density at radius 3 is 2.50 bits per heavy atom. The highest BCUT2D eigenvalue weighted by Gasteiger charge is 2.30. The topological polar surface area (TPSA) is 114 Å². The smallest absolute Gasteiger partial charge is 0.292 e. The fourth-order valence-electron chi connectivity index (χ4n) is 2.58. The number of nitrogens with zero attached hydrogens (tertiary/aromatic N) is 2. The molecular weight excluding hydrogens is 336 g/mol. The number of ether oxygens (including phenoxy) is 1. The molecule has 0 amide bonds. The van der Waals surface area contributed by atoms with Crippen LogP contribution < -0.4 is 10.0 Å². The van der Waals surface area contributed by atoms with Gasteiger partial charge in [0, 0.05) is 32.2 Å². The maximum atomic E-state index is 12.3. The number of anilines is 1. The van der Waals surface area contributed by atoms with Crippen LogP contribution in [0.25, 0.3) is 0 Å². The van der Waals surface area contributed by atoms with Gasteiger partial charge >= 0.3 is 0 Å². The molecule has 2 atom stereocenters. The highest BCUT2D eigenvalue weighted by atomic mass is 32.2. The number of nitro benzene ring substituents is 1. The second-order valence-corrected chi connectivity index (χ2v) is 7.43. The molecule has 24 heavy (non-hydrogen) atoms. The van der Waals surface area contributed by atoms with Gasteiger partial charge in [-0.3, -0.25) is 10.1 Å². The Balaban J connectivity index is 1.86. The molecule has 0 aliphatic carbocycles. The highest BCUT2D eigenvalue weighted by molar-refractivity contribution is 7.87. The largest absolute Gasteiger partial charge is 0.378 e. The molecule has 9 nitrogen and oxygen atoms in total. The summed E-state index contributed by atoms with van der Waals surface area (Å²) in [5, 5.41) is 13.8.